The van der Waals surface area contributed by atoms with E-state index in [0.29, 0.717) is 35.3 Å². The van der Waals surface area contributed by atoms with Crippen LogP contribution in [0.1, 0.15) is 23.6 Å². The van der Waals surface area contributed by atoms with Crippen LogP contribution >= 0.6 is 27.5 Å². The molecule has 3 aromatic rings. The predicted octanol–water partition coefficient (Wildman–Crippen LogP) is 6.06. The van der Waals surface area contributed by atoms with Crippen molar-refractivity contribution in [3.05, 3.63) is 92.4 Å². The van der Waals surface area contributed by atoms with Gasteiger partial charge in [0.2, 0.25) is 0 Å². The second-order valence-electron chi connectivity index (χ2n) is 7.95. The summed E-state index contributed by atoms with van der Waals surface area (Å²) in [6, 6.07) is 16.8. The zero-order chi connectivity index (χ0) is 25.8. The molecule has 7 nitrogen and oxygen atoms in total. The molecular formula is C27H22BrClN2O5. The van der Waals surface area contributed by atoms with E-state index in [2.05, 4.69) is 21.2 Å². The largest absolute Gasteiger partial charge is 0.490 e. The highest BCUT2D eigenvalue weighted by atomic mass is 79.9. The third-order valence-electron chi connectivity index (χ3n) is 5.40. The van der Waals surface area contributed by atoms with Gasteiger partial charge in [-0.3, -0.25) is 14.9 Å². The quantitative estimate of drug-likeness (QED) is 0.276. The number of aryl methyl sites for hydroxylation is 1. The van der Waals surface area contributed by atoms with E-state index >= 15 is 0 Å². The number of ether oxygens (including phenoxy) is 2. The Balaban J connectivity index is 1.61. The first-order valence-electron chi connectivity index (χ1n) is 11.1. The number of rotatable bonds is 7. The van der Waals surface area contributed by atoms with Crippen LogP contribution < -0.4 is 19.7 Å². The van der Waals surface area contributed by atoms with E-state index in [1.165, 1.54) is 12.1 Å². The topological polar surface area (TPSA) is 84.9 Å². The minimum atomic E-state index is -0.839. The average Bonchev–Trinajstić information content (AvgIpc) is 2.84. The first kappa shape index (κ1) is 25.5. The Bertz CT molecular complexity index is 1370. The molecule has 0 atom stereocenters. The van der Waals surface area contributed by atoms with Gasteiger partial charge in [0.05, 0.1) is 12.3 Å². The van der Waals surface area contributed by atoms with Gasteiger partial charge >= 0.3 is 6.03 Å². The fraction of sp³-hybridized carbons (Fsp3) is 0.148. The van der Waals surface area contributed by atoms with Crippen LogP contribution in [-0.2, 0) is 16.2 Å². The predicted molar refractivity (Wildman–Crippen MR) is 141 cm³/mol. The van der Waals surface area contributed by atoms with E-state index in [4.69, 9.17) is 21.1 Å². The Hall–Kier alpha value is -3.62. The Morgan fingerprint density at radius 2 is 1.72 bits per heavy atom. The van der Waals surface area contributed by atoms with Crippen LogP contribution in [0.25, 0.3) is 6.08 Å². The number of hydrogen-bond acceptors (Lipinski definition) is 5. The molecule has 184 valence electrons. The maximum absolute atomic E-state index is 13.2. The number of carbonyl (C=O) groups is 3. The summed E-state index contributed by atoms with van der Waals surface area (Å²) >= 11 is 9.59. The van der Waals surface area contributed by atoms with E-state index < -0.39 is 17.8 Å². The van der Waals surface area contributed by atoms with Gasteiger partial charge in [-0.2, -0.15) is 0 Å². The van der Waals surface area contributed by atoms with Gasteiger partial charge in [0.25, 0.3) is 11.8 Å². The van der Waals surface area contributed by atoms with Crippen molar-refractivity contribution in [2.24, 2.45) is 0 Å². The number of amides is 4. The second-order valence-corrected chi connectivity index (χ2v) is 9.27. The van der Waals surface area contributed by atoms with Gasteiger partial charge in [-0.1, -0.05) is 51.8 Å². The van der Waals surface area contributed by atoms with Crippen molar-refractivity contribution in [2.75, 3.05) is 11.5 Å². The fourth-order valence-corrected chi connectivity index (χ4v) is 3.96. The van der Waals surface area contributed by atoms with Crippen molar-refractivity contribution in [3.63, 3.8) is 0 Å². The smallest absolute Gasteiger partial charge is 0.335 e. The van der Waals surface area contributed by atoms with Gasteiger partial charge in [-0.05, 0) is 73.0 Å². The number of anilines is 1. The number of halogens is 2. The molecule has 0 bridgehead atoms. The Morgan fingerprint density at radius 3 is 2.42 bits per heavy atom. The molecule has 4 amide bonds. The van der Waals surface area contributed by atoms with Crippen molar-refractivity contribution in [3.8, 4) is 11.5 Å². The number of barbiturate groups is 1. The third-order valence-corrected chi connectivity index (χ3v) is 6.34. The van der Waals surface area contributed by atoms with E-state index in [9.17, 15) is 14.4 Å². The van der Waals surface area contributed by atoms with E-state index in [0.717, 1.165) is 20.5 Å². The molecule has 0 radical (unpaired) electrons. The lowest BCUT2D eigenvalue weighted by molar-refractivity contribution is -0.122. The monoisotopic (exact) mass is 568 g/mol. The van der Waals surface area contributed by atoms with Gasteiger partial charge < -0.3 is 9.47 Å². The summed E-state index contributed by atoms with van der Waals surface area (Å²) < 4.78 is 12.7. The summed E-state index contributed by atoms with van der Waals surface area (Å²) in [7, 11) is 0. The van der Waals surface area contributed by atoms with Gasteiger partial charge in [0, 0.05) is 9.50 Å². The lowest BCUT2D eigenvalue weighted by Gasteiger charge is -2.26. The van der Waals surface area contributed by atoms with E-state index in [1.54, 1.807) is 37.3 Å². The van der Waals surface area contributed by atoms with Crippen molar-refractivity contribution in [2.45, 2.75) is 20.5 Å². The van der Waals surface area contributed by atoms with Crippen LogP contribution in [0, 0.1) is 6.92 Å². The summed E-state index contributed by atoms with van der Waals surface area (Å²) in [6.45, 7) is 4.38. The highest BCUT2D eigenvalue weighted by Crippen LogP contribution is 2.31. The SMILES string of the molecule is CCOc1cc(/C=C2/C(=O)NC(=O)N(c3ccc(C)c(Cl)c3)C2=O)ccc1OCc1ccc(Br)cc1. The first-order valence-corrected chi connectivity index (χ1v) is 12.3. The van der Waals surface area contributed by atoms with Gasteiger partial charge in [0.1, 0.15) is 12.2 Å². The number of hydrogen-bond donors (Lipinski definition) is 1. The number of urea groups is 1. The summed E-state index contributed by atoms with van der Waals surface area (Å²) in [4.78, 5) is 39.1. The van der Waals surface area contributed by atoms with Gasteiger partial charge in [-0.15, -0.1) is 0 Å². The molecule has 1 heterocycles. The maximum Gasteiger partial charge on any atom is 0.335 e. The summed E-state index contributed by atoms with van der Waals surface area (Å²) in [5.41, 5.74) is 2.37. The average molecular weight is 570 g/mol. The molecule has 0 aliphatic carbocycles. The zero-order valence-corrected chi connectivity index (χ0v) is 21.9. The van der Waals surface area contributed by atoms with Crippen LogP contribution in [0.4, 0.5) is 10.5 Å². The number of nitrogens with zero attached hydrogens (tertiary/aromatic N) is 1. The van der Waals surface area contributed by atoms with Crippen molar-refractivity contribution < 1.29 is 23.9 Å². The van der Waals surface area contributed by atoms with Crippen molar-refractivity contribution in [1.82, 2.24) is 5.32 Å². The maximum atomic E-state index is 13.2. The summed E-state index contributed by atoms with van der Waals surface area (Å²) in [6.07, 6.45) is 1.41. The molecule has 36 heavy (non-hydrogen) atoms. The van der Waals surface area contributed by atoms with Gasteiger partial charge in [0.15, 0.2) is 11.5 Å². The molecule has 1 saturated heterocycles. The number of nitrogens with one attached hydrogen (secondary N) is 1. The highest BCUT2D eigenvalue weighted by molar-refractivity contribution is 9.10. The lowest BCUT2D eigenvalue weighted by atomic mass is 10.1. The van der Waals surface area contributed by atoms with Crippen LogP contribution in [0.15, 0.2) is 70.7 Å². The van der Waals surface area contributed by atoms with Crippen LogP contribution in [-0.4, -0.2) is 24.5 Å². The van der Waals surface area contributed by atoms with Crippen LogP contribution in [0.2, 0.25) is 5.02 Å². The summed E-state index contributed by atoms with van der Waals surface area (Å²) in [5, 5.41) is 2.61. The molecule has 4 rings (SSSR count). The molecule has 1 N–H and O–H groups in total. The second kappa shape index (κ2) is 11.0. The minimum Gasteiger partial charge on any atom is -0.490 e. The molecule has 1 aliphatic rings. The lowest BCUT2D eigenvalue weighted by Crippen LogP contribution is -2.54. The molecule has 0 aromatic heterocycles. The Labute approximate surface area is 221 Å². The molecular weight excluding hydrogens is 548 g/mol. The molecule has 0 unspecified atom stereocenters. The molecule has 0 saturated carbocycles. The molecule has 0 spiro atoms. The molecule has 1 fully saturated rings. The highest BCUT2D eigenvalue weighted by Gasteiger charge is 2.37. The van der Waals surface area contributed by atoms with Crippen molar-refractivity contribution in [1.29, 1.82) is 0 Å². The third kappa shape index (κ3) is 5.61. The summed E-state index contributed by atoms with van der Waals surface area (Å²) in [5.74, 6) is -0.552. The zero-order valence-electron chi connectivity index (χ0n) is 19.5. The number of benzene rings is 3. The van der Waals surface area contributed by atoms with Crippen molar-refractivity contribution >= 4 is 57.1 Å². The van der Waals surface area contributed by atoms with Gasteiger partial charge in [-0.25, -0.2) is 9.69 Å². The molecule has 1 aliphatic heterocycles. The Morgan fingerprint density at radius 1 is 0.972 bits per heavy atom. The van der Waals surface area contributed by atoms with E-state index in [1.807, 2.05) is 31.2 Å². The van der Waals surface area contributed by atoms with E-state index in [-0.39, 0.29) is 11.3 Å². The normalized spacial score (nSPS) is 14.7. The minimum absolute atomic E-state index is 0.197. The number of imide groups is 2. The first-order chi connectivity index (χ1) is 17.3. The fourth-order valence-electron chi connectivity index (χ4n) is 3.52. The molecule has 3 aromatic carbocycles. The standard InChI is InChI=1S/C27H22BrClN2O5/c1-3-35-24-13-18(7-11-23(24)36-15-17-5-8-19(28)9-6-17)12-21-25(32)30-27(34)31(26(21)33)20-10-4-16(2)22(29)14-20/h4-14H,3,15H2,1-2H3,(H,30,32,34)/b21-12-. The Kier molecular flexibility index (Phi) is 7.76. The number of carbonyl (C=O) groups excluding carboxylic acids is 3. The van der Waals surface area contributed by atoms with Crippen LogP contribution in [0.5, 0.6) is 11.5 Å². The van der Waals surface area contributed by atoms with Crippen LogP contribution in [0.3, 0.4) is 0 Å². The molecule has 9 heteroatoms.